The SMILES string of the molecule is CCCCCC(CCCC)OC(=O)[C@H](Cc1ccccc1)NC(=O)[C@@H](CCCCN)NC(=O)[C@H](Cc1ccccc1)NC(=O)[C@H](Cc1cnc[nH]1)NC(=O)[C@H](CC(C(=O)O)S(C)=O)NC(=O)C(N)CC. The highest BCUT2D eigenvalue weighted by atomic mass is 32.2. The number of carboxylic acids is 1. The van der Waals surface area contributed by atoms with E-state index in [9.17, 15) is 42.9 Å². The molecule has 386 valence electrons. The molecule has 3 rings (SSSR count). The zero-order valence-electron chi connectivity index (χ0n) is 41.0. The minimum Gasteiger partial charge on any atom is -0.480 e. The lowest BCUT2D eigenvalue weighted by Gasteiger charge is -2.28. The zero-order valence-corrected chi connectivity index (χ0v) is 41.8. The van der Waals surface area contributed by atoms with Gasteiger partial charge in [0.1, 0.15) is 41.6 Å². The molecule has 5 amide bonds. The van der Waals surface area contributed by atoms with Crippen molar-refractivity contribution in [2.45, 2.75) is 165 Å². The predicted octanol–water partition coefficient (Wildman–Crippen LogP) is 2.63. The normalized spacial score (nSPS) is 15.1. The Morgan fingerprint density at radius 1 is 0.657 bits per heavy atom. The first-order valence-electron chi connectivity index (χ1n) is 24.4. The summed E-state index contributed by atoms with van der Waals surface area (Å²) in [6, 6.07) is 10.3. The molecule has 1 heterocycles. The van der Waals surface area contributed by atoms with Gasteiger partial charge < -0.3 is 52.9 Å². The van der Waals surface area contributed by atoms with Crippen LogP contribution in [0.2, 0.25) is 0 Å². The third-order valence-corrected chi connectivity index (χ3v) is 13.0. The molecule has 11 N–H and O–H groups in total. The van der Waals surface area contributed by atoms with Gasteiger partial charge in [-0.05, 0) is 62.6 Å². The van der Waals surface area contributed by atoms with Crippen LogP contribution in [0.3, 0.4) is 0 Å². The van der Waals surface area contributed by atoms with Gasteiger partial charge in [-0.1, -0.05) is 107 Å². The monoisotopic (exact) mass is 994 g/mol. The fourth-order valence-corrected chi connectivity index (χ4v) is 8.38. The number of H-pyrrole nitrogens is 1. The molecular weight excluding hydrogens is 919 g/mol. The molecule has 19 nitrogen and oxygen atoms in total. The number of aliphatic carboxylic acids is 1. The number of carbonyl (C=O) groups excluding carboxylic acids is 6. The van der Waals surface area contributed by atoms with Crippen LogP contribution in [-0.4, -0.2) is 121 Å². The zero-order chi connectivity index (χ0) is 51.4. The largest absolute Gasteiger partial charge is 0.480 e. The molecule has 0 saturated carbocycles. The van der Waals surface area contributed by atoms with Crippen molar-refractivity contribution < 1.29 is 47.6 Å². The quantitative estimate of drug-likeness (QED) is 0.0308. The lowest BCUT2D eigenvalue weighted by atomic mass is 10.0. The van der Waals surface area contributed by atoms with Crippen molar-refractivity contribution in [1.82, 2.24) is 36.6 Å². The van der Waals surface area contributed by atoms with E-state index >= 15 is 0 Å². The van der Waals surface area contributed by atoms with Crippen LogP contribution in [0.25, 0.3) is 0 Å². The average molecular weight is 994 g/mol. The fourth-order valence-electron chi connectivity index (χ4n) is 7.63. The van der Waals surface area contributed by atoms with Gasteiger partial charge in [0.05, 0.1) is 12.4 Å². The van der Waals surface area contributed by atoms with E-state index < -0.39 is 100 Å². The van der Waals surface area contributed by atoms with Gasteiger partial charge in [0, 0.05) is 54.6 Å². The summed E-state index contributed by atoms with van der Waals surface area (Å²) in [6.45, 7) is 6.13. The molecule has 0 aliphatic carbocycles. The highest BCUT2D eigenvalue weighted by Gasteiger charge is 2.36. The molecule has 0 fully saturated rings. The number of benzene rings is 2. The summed E-state index contributed by atoms with van der Waals surface area (Å²) in [5, 5.41) is 21.8. The van der Waals surface area contributed by atoms with E-state index in [-0.39, 0.29) is 38.2 Å². The Bertz CT molecular complexity index is 2080. The number of imidazole rings is 1. The number of hydrogen-bond donors (Lipinski definition) is 9. The van der Waals surface area contributed by atoms with E-state index in [0.717, 1.165) is 43.9 Å². The molecule has 0 bridgehead atoms. The Morgan fingerprint density at radius 3 is 1.69 bits per heavy atom. The summed E-state index contributed by atoms with van der Waals surface area (Å²) in [5.74, 6) is -6.04. The Labute approximate surface area is 414 Å². The summed E-state index contributed by atoms with van der Waals surface area (Å²) in [6.07, 6.45) is 10.2. The molecule has 4 unspecified atom stereocenters. The molecule has 20 heteroatoms. The summed E-state index contributed by atoms with van der Waals surface area (Å²) in [5.41, 5.74) is 13.6. The molecule has 0 spiro atoms. The van der Waals surface area contributed by atoms with Crippen LogP contribution in [0.1, 0.15) is 115 Å². The second-order valence-electron chi connectivity index (χ2n) is 17.5. The van der Waals surface area contributed by atoms with Gasteiger partial charge in [-0.25, -0.2) is 9.78 Å². The van der Waals surface area contributed by atoms with Gasteiger partial charge in [0.25, 0.3) is 0 Å². The molecule has 9 atom stereocenters. The van der Waals surface area contributed by atoms with E-state index in [1.807, 2.05) is 30.3 Å². The summed E-state index contributed by atoms with van der Waals surface area (Å²) in [4.78, 5) is 103. The maximum absolute atomic E-state index is 14.6. The van der Waals surface area contributed by atoms with Crippen molar-refractivity contribution in [1.29, 1.82) is 0 Å². The third kappa shape index (κ3) is 20.9. The first-order chi connectivity index (χ1) is 33.6. The van der Waals surface area contributed by atoms with Crippen molar-refractivity contribution >= 4 is 52.3 Å². The number of rotatable bonds is 34. The highest BCUT2D eigenvalue weighted by molar-refractivity contribution is 7.85. The minimum atomic E-state index is -1.97. The molecule has 0 aliphatic heterocycles. The number of amides is 5. The average Bonchev–Trinajstić information content (AvgIpc) is 3.86. The van der Waals surface area contributed by atoms with Crippen LogP contribution < -0.4 is 38.1 Å². The minimum absolute atomic E-state index is 0.0589. The molecular formula is C50H75N9O10S. The fraction of sp³-hybridized carbons (Fsp3) is 0.560. The molecule has 0 aliphatic rings. The van der Waals surface area contributed by atoms with Crippen molar-refractivity contribution in [3.05, 3.63) is 90.0 Å². The molecule has 2 aromatic carbocycles. The van der Waals surface area contributed by atoms with Gasteiger partial charge in [0.2, 0.25) is 29.5 Å². The van der Waals surface area contributed by atoms with E-state index in [2.05, 4.69) is 50.4 Å². The van der Waals surface area contributed by atoms with Crippen LogP contribution >= 0.6 is 0 Å². The van der Waals surface area contributed by atoms with Crippen LogP contribution in [0.5, 0.6) is 0 Å². The second kappa shape index (κ2) is 32.0. The van der Waals surface area contributed by atoms with Crippen molar-refractivity contribution in [2.75, 3.05) is 12.8 Å². The number of carboxylic acid groups (broad SMARTS) is 1. The molecule has 1 aromatic heterocycles. The van der Waals surface area contributed by atoms with Crippen molar-refractivity contribution in [3.63, 3.8) is 0 Å². The van der Waals surface area contributed by atoms with E-state index in [1.54, 1.807) is 37.3 Å². The van der Waals surface area contributed by atoms with Gasteiger partial charge in [-0.15, -0.1) is 0 Å². The van der Waals surface area contributed by atoms with Crippen LogP contribution in [0.4, 0.5) is 0 Å². The number of aromatic amines is 1. The summed E-state index contributed by atoms with van der Waals surface area (Å²) < 4.78 is 18.6. The molecule has 0 saturated heterocycles. The van der Waals surface area contributed by atoms with Crippen LogP contribution in [0, 0.1) is 0 Å². The first kappa shape index (κ1) is 58.3. The maximum Gasteiger partial charge on any atom is 0.329 e. The number of aromatic nitrogens is 2. The standard InChI is InChI=1S/C50H75N9O10S/c1-5-8-12-24-36(23-9-6-2)69-50(67)42(28-34-21-15-11-16-22-34)59-45(61)38(25-17-18-26-51)55-46(62)39(27-33-19-13-10-14-20-33)57-47(63)40(29-35-31-53-32-54-35)58-48(64)41(56-44(60)37(52)7-3)30-43(49(65)66)70(4)68/h10-11,13-16,19-22,31-32,36-43H,5-9,12,17-18,23-30,51-52H2,1-4H3,(H,53,54)(H,55,62)(H,56,60)(H,57,63)(H,58,64)(H,59,61)(H,65,66)/t36?,37?,38-,39+,40+,41+,42+,43?,70?/m1/s1. The van der Waals surface area contributed by atoms with Crippen LogP contribution in [0.15, 0.2) is 73.2 Å². The number of nitrogens with one attached hydrogen (secondary N) is 6. The van der Waals surface area contributed by atoms with Gasteiger partial charge in [0.15, 0.2) is 0 Å². The third-order valence-electron chi connectivity index (χ3n) is 11.8. The number of unbranched alkanes of at least 4 members (excludes halogenated alkanes) is 4. The topological polar surface area (TPSA) is 307 Å². The molecule has 0 radical (unpaired) electrons. The Hall–Kier alpha value is -5.99. The van der Waals surface area contributed by atoms with E-state index in [4.69, 9.17) is 16.2 Å². The van der Waals surface area contributed by atoms with E-state index in [0.29, 0.717) is 43.5 Å². The molecule has 70 heavy (non-hydrogen) atoms. The number of ether oxygens (including phenoxy) is 1. The number of nitrogens with zero attached hydrogens (tertiary/aromatic N) is 1. The van der Waals surface area contributed by atoms with Gasteiger partial charge >= 0.3 is 11.9 Å². The second-order valence-corrected chi connectivity index (χ2v) is 19.1. The predicted molar refractivity (Wildman–Crippen MR) is 267 cm³/mol. The van der Waals surface area contributed by atoms with Crippen molar-refractivity contribution in [2.24, 2.45) is 11.5 Å². The summed E-state index contributed by atoms with van der Waals surface area (Å²) >= 11 is 0. The Kier molecular flexibility index (Phi) is 26.7. The van der Waals surface area contributed by atoms with Crippen molar-refractivity contribution in [3.8, 4) is 0 Å². The number of esters is 1. The number of hydrogen-bond acceptors (Lipinski definition) is 12. The lowest BCUT2D eigenvalue weighted by Crippen LogP contribution is -2.60. The summed E-state index contributed by atoms with van der Waals surface area (Å²) in [7, 11) is -1.97. The molecule has 3 aromatic rings. The smallest absolute Gasteiger partial charge is 0.329 e. The maximum atomic E-state index is 14.6. The van der Waals surface area contributed by atoms with Gasteiger partial charge in [-0.3, -0.25) is 33.0 Å². The first-order valence-corrected chi connectivity index (χ1v) is 26.0. The van der Waals surface area contributed by atoms with Crippen LogP contribution in [-0.2, 0) is 68.4 Å². The van der Waals surface area contributed by atoms with Gasteiger partial charge in [-0.2, -0.15) is 0 Å². The number of nitrogens with two attached hydrogens (primary N) is 2. The van der Waals surface area contributed by atoms with E-state index in [1.165, 1.54) is 12.5 Å². The lowest BCUT2D eigenvalue weighted by molar-refractivity contribution is -0.154. The number of carbonyl (C=O) groups is 7. The Morgan fingerprint density at radius 2 is 1.16 bits per heavy atom. The highest BCUT2D eigenvalue weighted by Crippen LogP contribution is 2.17. The Balaban J connectivity index is 1.99.